The lowest BCUT2D eigenvalue weighted by atomic mass is 10.3. The Morgan fingerprint density at radius 3 is 3.13 bits per heavy atom. The van der Waals surface area contributed by atoms with Crippen LogP contribution in [0.5, 0.6) is 5.88 Å². The molecule has 0 aliphatic carbocycles. The molecule has 78 valence electrons. The van der Waals surface area contributed by atoms with E-state index in [0.29, 0.717) is 12.5 Å². The number of aryl methyl sites for hydroxylation is 1. The zero-order valence-corrected chi connectivity index (χ0v) is 8.61. The zero-order chi connectivity index (χ0) is 10.4. The Hall–Kier alpha value is -1.85. The first-order valence-corrected chi connectivity index (χ1v) is 4.82. The Bertz CT molecular complexity index is 520. The molecule has 0 bridgehead atoms. The number of aromatic nitrogens is 4. The van der Waals surface area contributed by atoms with Gasteiger partial charge in [0.05, 0.1) is 6.54 Å². The van der Waals surface area contributed by atoms with Crippen molar-refractivity contribution in [3.05, 3.63) is 5.82 Å². The molecule has 2 aromatic heterocycles. The molecule has 0 saturated carbocycles. The number of hydrogen-bond donors (Lipinski definition) is 1. The largest absolute Gasteiger partial charge is 0.474 e. The summed E-state index contributed by atoms with van der Waals surface area (Å²) in [5, 5.41) is 7.82. The molecule has 0 saturated heterocycles. The summed E-state index contributed by atoms with van der Waals surface area (Å²) in [5.41, 5.74) is 0.737. The number of anilines is 1. The van der Waals surface area contributed by atoms with E-state index in [9.17, 15) is 0 Å². The highest BCUT2D eigenvalue weighted by Gasteiger charge is 2.20. The molecule has 1 N–H and O–H groups in total. The van der Waals surface area contributed by atoms with Crippen LogP contribution in [0.3, 0.4) is 0 Å². The highest BCUT2D eigenvalue weighted by atomic mass is 16.5. The third kappa shape index (κ3) is 1.14. The average molecular weight is 205 g/mol. The lowest BCUT2D eigenvalue weighted by Gasteiger charge is -2.15. The molecule has 0 atom stereocenters. The number of rotatable bonds is 0. The van der Waals surface area contributed by atoms with Crippen LogP contribution in [-0.2, 0) is 0 Å². The standard InChI is InChI=1S/C9H11N5O/c1-5-10-7-6-8(11-5)14(2)3-4-15-9(6)13-12-7/h3-4H2,1-2H3,(H,10,11,12,13). The predicted molar refractivity (Wildman–Crippen MR) is 55.2 cm³/mol. The predicted octanol–water partition coefficient (Wildman–Crippen LogP) is 0.490. The third-order valence-corrected chi connectivity index (χ3v) is 2.51. The summed E-state index contributed by atoms with van der Waals surface area (Å²) in [4.78, 5) is 10.8. The molecule has 0 spiro atoms. The molecule has 15 heavy (non-hydrogen) atoms. The highest BCUT2D eigenvalue weighted by Crippen LogP contribution is 2.31. The second kappa shape index (κ2) is 2.82. The molecule has 0 fully saturated rings. The first kappa shape index (κ1) is 8.46. The third-order valence-electron chi connectivity index (χ3n) is 2.51. The maximum absolute atomic E-state index is 5.51. The van der Waals surface area contributed by atoms with Crippen molar-refractivity contribution in [3.63, 3.8) is 0 Å². The molecule has 0 amide bonds. The van der Waals surface area contributed by atoms with Gasteiger partial charge in [-0.15, -0.1) is 5.10 Å². The second-order valence-electron chi connectivity index (χ2n) is 3.62. The number of H-pyrrole nitrogens is 1. The molecule has 1 aliphatic heterocycles. The normalized spacial score (nSPS) is 15.2. The molecular weight excluding hydrogens is 194 g/mol. The molecule has 6 heteroatoms. The van der Waals surface area contributed by atoms with Gasteiger partial charge >= 0.3 is 0 Å². The quantitative estimate of drug-likeness (QED) is 0.678. The summed E-state index contributed by atoms with van der Waals surface area (Å²) in [5.74, 6) is 2.23. The Kier molecular flexibility index (Phi) is 1.59. The molecule has 0 aromatic carbocycles. The van der Waals surface area contributed by atoms with E-state index in [4.69, 9.17) is 4.74 Å². The molecule has 3 rings (SSSR count). The minimum atomic E-state index is 0.601. The van der Waals surface area contributed by atoms with Crippen molar-refractivity contribution >= 4 is 16.9 Å². The molecular formula is C9H11N5O. The number of nitrogens with zero attached hydrogens (tertiary/aromatic N) is 4. The van der Waals surface area contributed by atoms with Crippen molar-refractivity contribution in [2.75, 3.05) is 25.1 Å². The van der Waals surface area contributed by atoms with Crippen LogP contribution in [0.25, 0.3) is 11.0 Å². The lowest BCUT2D eigenvalue weighted by molar-refractivity contribution is 0.320. The number of ether oxygens (including phenoxy) is 1. The number of nitrogens with one attached hydrogen (secondary N) is 1. The van der Waals surface area contributed by atoms with E-state index in [1.165, 1.54) is 0 Å². The Morgan fingerprint density at radius 2 is 2.27 bits per heavy atom. The minimum Gasteiger partial charge on any atom is -0.474 e. The van der Waals surface area contributed by atoms with Crippen molar-refractivity contribution in [1.82, 2.24) is 20.2 Å². The molecule has 0 radical (unpaired) electrons. The van der Waals surface area contributed by atoms with Gasteiger partial charge in [0, 0.05) is 7.05 Å². The number of likely N-dealkylation sites (N-methyl/N-ethyl adjacent to an activating group) is 1. The maximum Gasteiger partial charge on any atom is 0.246 e. The topological polar surface area (TPSA) is 66.9 Å². The summed E-state index contributed by atoms with van der Waals surface area (Å²) in [6.45, 7) is 3.30. The van der Waals surface area contributed by atoms with Crippen molar-refractivity contribution in [2.45, 2.75) is 6.92 Å². The van der Waals surface area contributed by atoms with Gasteiger partial charge in [-0.2, -0.15) is 0 Å². The van der Waals surface area contributed by atoms with E-state index in [0.717, 1.165) is 29.2 Å². The van der Waals surface area contributed by atoms with Gasteiger partial charge in [0.15, 0.2) is 5.65 Å². The van der Waals surface area contributed by atoms with E-state index in [2.05, 4.69) is 25.1 Å². The zero-order valence-electron chi connectivity index (χ0n) is 8.61. The van der Waals surface area contributed by atoms with E-state index in [1.807, 2.05) is 14.0 Å². The van der Waals surface area contributed by atoms with Gasteiger partial charge in [0.2, 0.25) is 5.88 Å². The first-order chi connectivity index (χ1) is 7.25. The van der Waals surface area contributed by atoms with E-state index in [-0.39, 0.29) is 0 Å². The van der Waals surface area contributed by atoms with Gasteiger partial charge < -0.3 is 9.64 Å². The van der Waals surface area contributed by atoms with Crippen LogP contribution in [0.4, 0.5) is 5.82 Å². The number of hydrogen-bond acceptors (Lipinski definition) is 5. The monoisotopic (exact) mass is 205 g/mol. The fraction of sp³-hybridized carbons (Fsp3) is 0.444. The summed E-state index contributed by atoms with van der Waals surface area (Å²) < 4.78 is 5.51. The van der Waals surface area contributed by atoms with Crippen molar-refractivity contribution in [1.29, 1.82) is 0 Å². The van der Waals surface area contributed by atoms with E-state index in [1.54, 1.807) is 0 Å². The van der Waals surface area contributed by atoms with Crippen LogP contribution in [0.1, 0.15) is 5.82 Å². The van der Waals surface area contributed by atoms with Crippen molar-refractivity contribution in [3.8, 4) is 5.88 Å². The smallest absolute Gasteiger partial charge is 0.246 e. The summed E-state index contributed by atoms with van der Waals surface area (Å²) in [6, 6.07) is 0. The van der Waals surface area contributed by atoms with Gasteiger partial charge in [-0.3, -0.25) is 5.10 Å². The lowest BCUT2D eigenvalue weighted by Crippen LogP contribution is -2.23. The summed E-state index contributed by atoms with van der Waals surface area (Å²) in [6.07, 6.45) is 0. The van der Waals surface area contributed by atoms with Gasteiger partial charge in [-0.1, -0.05) is 0 Å². The van der Waals surface area contributed by atoms with Crippen LogP contribution in [0.15, 0.2) is 0 Å². The van der Waals surface area contributed by atoms with Gasteiger partial charge in [-0.25, -0.2) is 9.97 Å². The maximum atomic E-state index is 5.51. The Morgan fingerprint density at radius 1 is 1.40 bits per heavy atom. The second-order valence-corrected chi connectivity index (χ2v) is 3.62. The summed E-state index contributed by atoms with van der Waals surface area (Å²) in [7, 11) is 1.99. The highest BCUT2D eigenvalue weighted by molar-refractivity contribution is 5.92. The van der Waals surface area contributed by atoms with Crippen molar-refractivity contribution < 1.29 is 4.74 Å². The summed E-state index contributed by atoms with van der Waals surface area (Å²) >= 11 is 0. The van der Waals surface area contributed by atoms with Gasteiger partial charge in [0.25, 0.3) is 0 Å². The van der Waals surface area contributed by atoms with E-state index >= 15 is 0 Å². The Balaban J connectivity index is 2.39. The van der Waals surface area contributed by atoms with E-state index < -0.39 is 0 Å². The average Bonchev–Trinajstić information content (AvgIpc) is 2.52. The fourth-order valence-electron chi connectivity index (χ4n) is 1.76. The van der Waals surface area contributed by atoms with Gasteiger partial charge in [0.1, 0.15) is 23.6 Å². The SMILES string of the molecule is Cc1nc2c3c(n[nH]c3n1)OCCN2C. The molecule has 2 aromatic rings. The Labute approximate surface area is 86.3 Å². The van der Waals surface area contributed by atoms with Crippen LogP contribution in [0.2, 0.25) is 0 Å². The van der Waals surface area contributed by atoms with Crippen LogP contribution < -0.4 is 9.64 Å². The molecule has 1 aliphatic rings. The number of aromatic amines is 1. The minimum absolute atomic E-state index is 0.601. The van der Waals surface area contributed by atoms with Crippen molar-refractivity contribution in [2.24, 2.45) is 0 Å². The van der Waals surface area contributed by atoms with Crippen LogP contribution in [0, 0.1) is 6.92 Å². The molecule has 6 nitrogen and oxygen atoms in total. The fourth-order valence-corrected chi connectivity index (χ4v) is 1.76. The van der Waals surface area contributed by atoms with Crippen LogP contribution >= 0.6 is 0 Å². The van der Waals surface area contributed by atoms with Crippen LogP contribution in [-0.4, -0.2) is 40.4 Å². The first-order valence-electron chi connectivity index (χ1n) is 4.82. The van der Waals surface area contributed by atoms with Gasteiger partial charge in [-0.05, 0) is 6.92 Å². The molecule has 3 heterocycles. The molecule has 0 unspecified atom stereocenters.